The van der Waals surface area contributed by atoms with Gasteiger partial charge in [0.25, 0.3) is 0 Å². The molecule has 0 bridgehead atoms. The molecule has 0 aliphatic heterocycles. The number of aliphatic hydroxyl groups is 2. The van der Waals surface area contributed by atoms with Crippen molar-refractivity contribution in [2.24, 2.45) is 0 Å². The fourth-order valence-corrected chi connectivity index (χ4v) is 0.900. The summed E-state index contributed by atoms with van der Waals surface area (Å²) in [6, 6.07) is 0. The average Bonchev–Trinajstić information content (AvgIpc) is 1.97. The number of aliphatic hydroxyl groups excluding tert-OH is 2. The maximum atomic E-state index is 9.06. The van der Waals surface area contributed by atoms with Crippen molar-refractivity contribution in [1.82, 2.24) is 0 Å². The molecule has 2 N–H and O–H groups in total. The lowest BCUT2D eigenvalue weighted by Gasteiger charge is -2.00. The summed E-state index contributed by atoms with van der Waals surface area (Å²) in [7, 11) is 0. The molecule has 0 aromatic heterocycles. The van der Waals surface area contributed by atoms with Crippen molar-refractivity contribution in [2.75, 3.05) is 0 Å². The molecule has 0 spiro atoms. The van der Waals surface area contributed by atoms with Gasteiger partial charge in [0.05, 0.1) is 0 Å². The van der Waals surface area contributed by atoms with E-state index < -0.39 is 0 Å². The zero-order valence-corrected chi connectivity index (χ0v) is 7.43. The monoisotopic (exact) mass is 158 g/mol. The molecule has 11 heavy (non-hydrogen) atoms. The summed E-state index contributed by atoms with van der Waals surface area (Å²) >= 11 is 0. The van der Waals surface area contributed by atoms with Gasteiger partial charge in [0, 0.05) is 6.42 Å². The minimum Gasteiger partial charge on any atom is -0.509 e. The standard InChI is InChI=1S/C9H18O2/c1-3-4-5-6-7-9(11)8(2)10/h10-11H,3-7H2,1-2H3. The van der Waals surface area contributed by atoms with E-state index in [1.54, 1.807) is 0 Å². The Kier molecular flexibility index (Phi) is 5.71. The zero-order chi connectivity index (χ0) is 8.69. The van der Waals surface area contributed by atoms with Crippen LogP contribution in [0.2, 0.25) is 0 Å². The van der Waals surface area contributed by atoms with Crippen molar-refractivity contribution in [3.63, 3.8) is 0 Å². The van der Waals surface area contributed by atoms with E-state index in [0.717, 1.165) is 12.8 Å². The molecule has 0 aromatic rings. The summed E-state index contributed by atoms with van der Waals surface area (Å²) in [6.45, 7) is 3.65. The summed E-state index contributed by atoms with van der Waals surface area (Å²) in [5, 5.41) is 17.9. The first kappa shape index (κ1) is 10.3. The van der Waals surface area contributed by atoms with Crippen LogP contribution in [0.5, 0.6) is 0 Å². The van der Waals surface area contributed by atoms with Crippen LogP contribution in [0.15, 0.2) is 11.5 Å². The third-order valence-electron chi connectivity index (χ3n) is 1.68. The van der Waals surface area contributed by atoms with Gasteiger partial charge in [-0.05, 0) is 13.3 Å². The molecule has 0 saturated heterocycles. The van der Waals surface area contributed by atoms with Gasteiger partial charge in [0.1, 0.15) is 11.5 Å². The first-order valence-electron chi connectivity index (χ1n) is 4.26. The predicted octanol–water partition coefficient (Wildman–Crippen LogP) is 3.30. The largest absolute Gasteiger partial charge is 0.509 e. The molecule has 0 aliphatic carbocycles. The van der Waals surface area contributed by atoms with Crippen LogP contribution in [0.3, 0.4) is 0 Å². The molecule has 66 valence electrons. The van der Waals surface area contributed by atoms with E-state index in [-0.39, 0.29) is 11.5 Å². The predicted molar refractivity (Wildman–Crippen MR) is 46.7 cm³/mol. The molecule has 0 amide bonds. The van der Waals surface area contributed by atoms with Crippen molar-refractivity contribution >= 4 is 0 Å². The van der Waals surface area contributed by atoms with Crippen LogP contribution in [-0.4, -0.2) is 10.2 Å². The van der Waals surface area contributed by atoms with Crippen molar-refractivity contribution in [2.45, 2.75) is 46.0 Å². The number of rotatable bonds is 5. The SMILES string of the molecule is CCCCCCC(O)=C(C)O. The van der Waals surface area contributed by atoms with E-state index in [2.05, 4.69) is 6.92 Å². The topological polar surface area (TPSA) is 40.5 Å². The molecular formula is C9H18O2. The van der Waals surface area contributed by atoms with Crippen LogP contribution in [-0.2, 0) is 0 Å². The Hall–Kier alpha value is -0.660. The molecule has 0 radical (unpaired) electrons. The van der Waals surface area contributed by atoms with Crippen LogP contribution in [0, 0.1) is 0 Å². The Morgan fingerprint density at radius 1 is 1.09 bits per heavy atom. The summed E-state index contributed by atoms with van der Waals surface area (Å²) in [6.07, 6.45) is 5.12. The molecule has 0 saturated carbocycles. The Labute approximate surface area is 68.6 Å². The quantitative estimate of drug-likeness (QED) is 0.476. The first-order chi connectivity index (χ1) is 5.18. The average molecular weight is 158 g/mol. The highest BCUT2D eigenvalue weighted by atomic mass is 16.3. The molecule has 2 heteroatoms. The van der Waals surface area contributed by atoms with E-state index in [9.17, 15) is 0 Å². The van der Waals surface area contributed by atoms with Gasteiger partial charge in [-0.15, -0.1) is 0 Å². The summed E-state index contributed by atoms with van der Waals surface area (Å²) in [5.41, 5.74) is 0. The van der Waals surface area contributed by atoms with Crippen LogP contribution in [0.4, 0.5) is 0 Å². The maximum absolute atomic E-state index is 9.06. The zero-order valence-electron chi connectivity index (χ0n) is 7.43. The van der Waals surface area contributed by atoms with Gasteiger partial charge in [-0.1, -0.05) is 26.2 Å². The van der Waals surface area contributed by atoms with E-state index in [1.165, 1.54) is 19.8 Å². The van der Waals surface area contributed by atoms with Crippen LogP contribution < -0.4 is 0 Å². The third-order valence-corrected chi connectivity index (χ3v) is 1.68. The normalized spacial score (nSPS) is 12.9. The Balaban J connectivity index is 3.32. The Morgan fingerprint density at radius 2 is 1.73 bits per heavy atom. The van der Waals surface area contributed by atoms with Gasteiger partial charge in [0.15, 0.2) is 0 Å². The van der Waals surface area contributed by atoms with E-state index in [4.69, 9.17) is 10.2 Å². The Morgan fingerprint density at radius 3 is 2.18 bits per heavy atom. The van der Waals surface area contributed by atoms with Gasteiger partial charge >= 0.3 is 0 Å². The van der Waals surface area contributed by atoms with Crippen molar-refractivity contribution in [3.8, 4) is 0 Å². The smallest absolute Gasteiger partial charge is 0.129 e. The van der Waals surface area contributed by atoms with Crippen molar-refractivity contribution < 1.29 is 10.2 Å². The van der Waals surface area contributed by atoms with E-state index in [0.29, 0.717) is 6.42 Å². The lowest BCUT2D eigenvalue weighted by Crippen LogP contribution is -1.87. The number of unbranched alkanes of at least 4 members (excludes halogenated alkanes) is 3. The second kappa shape index (κ2) is 6.08. The van der Waals surface area contributed by atoms with Crippen molar-refractivity contribution in [1.29, 1.82) is 0 Å². The highest BCUT2D eigenvalue weighted by molar-refractivity contribution is 4.94. The molecule has 2 nitrogen and oxygen atoms in total. The number of hydrogen-bond acceptors (Lipinski definition) is 2. The van der Waals surface area contributed by atoms with Gasteiger partial charge in [-0.25, -0.2) is 0 Å². The molecule has 0 aliphatic rings. The Bertz CT molecular complexity index is 124. The van der Waals surface area contributed by atoms with Gasteiger partial charge in [0.2, 0.25) is 0 Å². The third kappa shape index (κ3) is 5.77. The van der Waals surface area contributed by atoms with Crippen LogP contribution >= 0.6 is 0 Å². The molecule has 0 rings (SSSR count). The molecule has 0 fully saturated rings. The number of allylic oxidation sites excluding steroid dienone is 2. The first-order valence-corrected chi connectivity index (χ1v) is 4.26. The maximum Gasteiger partial charge on any atom is 0.129 e. The van der Waals surface area contributed by atoms with Crippen LogP contribution in [0.1, 0.15) is 46.0 Å². The number of hydrogen-bond donors (Lipinski definition) is 2. The molecule has 0 heterocycles. The molecule has 0 atom stereocenters. The molecule has 0 aromatic carbocycles. The van der Waals surface area contributed by atoms with E-state index >= 15 is 0 Å². The van der Waals surface area contributed by atoms with Gasteiger partial charge in [-0.2, -0.15) is 0 Å². The minimum absolute atomic E-state index is 0.0569. The second-order valence-electron chi connectivity index (χ2n) is 2.84. The van der Waals surface area contributed by atoms with Gasteiger partial charge in [-0.3, -0.25) is 0 Å². The summed E-state index contributed by atoms with van der Waals surface area (Å²) in [5.74, 6) is 0.197. The highest BCUT2D eigenvalue weighted by Crippen LogP contribution is 2.09. The highest BCUT2D eigenvalue weighted by Gasteiger charge is 1.97. The lowest BCUT2D eigenvalue weighted by atomic mass is 10.1. The van der Waals surface area contributed by atoms with Crippen LogP contribution in [0.25, 0.3) is 0 Å². The second-order valence-corrected chi connectivity index (χ2v) is 2.84. The summed E-state index contributed by atoms with van der Waals surface area (Å²) in [4.78, 5) is 0. The summed E-state index contributed by atoms with van der Waals surface area (Å²) < 4.78 is 0. The minimum atomic E-state index is 0.0569. The van der Waals surface area contributed by atoms with E-state index in [1.807, 2.05) is 0 Å². The van der Waals surface area contributed by atoms with Crippen molar-refractivity contribution in [3.05, 3.63) is 11.5 Å². The van der Waals surface area contributed by atoms with Gasteiger partial charge < -0.3 is 10.2 Å². The fourth-order valence-electron chi connectivity index (χ4n) is 0.900. The fraction of sp³-hybridized carbons (Fsp3) is 0.778. The molecule has 0 unspecified atom stereocenters. The molecular weight excluding hydrogens is 140 g/mol. The lowest BCUT2D eigenvalue weighted by molar-refractivity contribution is 0.309.